The Labute approximate surface area is 110 Å². The zero-order chi connectivity index (χ0) is 13.6. The van der Waals surface area contributed by atoms with Gasteiger partial charge < -0.3 is 9.88 Å². The minimum atomic E-state index is -2.89. The number of sulfone groups is 1. The van der Waals surface area contributed by atoms with Gasteiger partial charge in [-0.3, -0.25) is 0 Å². The van der Waals surface area contributed by atoms with Crippen molar-refractivity contribution in [3.63, 3.8) is 0 Å². The molecule has 0 aliphatic heterocycles. The predicted molar refractivity (Wildman–Crippen MR) is 75.3 cm³/mol. The lowest BCUT2D eigenvalue weighted by atomic mass is 10.2. The van der Waals surface area contributed by atoms with E-state index in [1.54, 1.807) is 6.92 Å². The van der Waals surface area contributed by atoms with Crippen molar-refractivity contribution in [3.8, 4) is 0 Å². The first-order valence-electron chi connectivity index (χ1n) is 6.49. The molecule has 4 nitrogen and oxygen atoms in total. The van der Waals surface area contributed by atoms with Gasteiger partial charge in [0, 0.05) is 30.7 Å². The third-order valence-corrected chi connectivity index (χ3v) is 4.55. The number of rotatable bonds is 8. The molecule has 0 amide bonds. The molecule has 0 atom stereocenters. The maximum absolute atomic E-state index is 11.5. The van der Waals surface area contributed by atoms with Gasteiger partial charge in [0.05, 0.1) is 5.75 Å². The van der Waals surface area contributed by atoms with Crippen molar-refractivity contribution >= 4 is 9.84 Å². The molecule has 0 unspecified atom stereocenters. The second-order valence-electron chi connectivity index (χ2n) is 4.95. The van der Waals surface area contributed by atoms with Crippen LogP contribution in [0.5, 0.6) is 0 Å². The van der Waals surface area contributed by atoms with Crippen molar-refractivity contribution in [2.24, 2.45) is 5.92 Å². The lowest BCUT2D eigenvalue weighted by Crippen LogP contribution is -2.22. The van der Waals surface area contributed by atoms with E-state index in [2.05, 4.69) is 19.2 Å². The van der Waals surface area contributed by atoms with E-state index >= 15 is 0 Å². The highest BCUT2D eigenvalue weighted by Crippen LogP contribution is 2.04. The largest absolute Gasteiger partial charge is 0.349 e. The molecule has 5 heteroatoms. The molecule has 18 heavy (non-hydrogen) atoms. The zero-order valence-corrected chi connectivity index (χ0v) is 12.3. The molecule has 0 spiro atoms. The number of hydrogen-bond acceptors (Lipinski definition) is 3. The van der Waals surface area contributed by atoms with E-state index in [1.807, 2.05) is 22.9 Å². The highest BCUT2D eigenvalue weighted by molar-refractivity contribution is 7.91. The fourth-order valence-corrected chi connectivity index (χ4v) is 2.46. The molecule has 1 aromatic rings. The average molecular weight is 272 g/mol. The Morgan fingerprint density at radius 2 is 2.11 bits per heavy atom. The fraction of sp³-hybridized carbons (Fsp3) is 0.692. The average Bonchev–Trinajstić information content (AvgIpc) is 2.74. The molecule has 0 saturated heterocycles. The highest BCUT2D eigenvalue weighted by Gasteiger charge is 2.08. The van der Waals surface area contributed by atoms with Crippen molar-refractivity contribution in [2.75, 3.05) is 18.1 Å². The van der Waals surface area contributed by atoms with Crippen molar-refractivity contribution in [3.05, 3.63) is 24.0 Å². The lowest BCUT2D eigenvalue weighted by molar-refractivity contribution is 0.536. The monoisotopic (exact) mass is 272 g/mol. The summed E-state index contributed by atoms with van der Waals surface area (Å²) in [7, 11) is -2.89. The molecule has 1 N–H and O–H groups in total. The van der Waals surface area contributed by atoms with E-state index in [-0.39, 0.29) is 11.5 Å². The topological polar surface area (TPSA) is 51.1 Å². The number of hydrogen-bond donors (Lipinski definition) is 1. The smallest absolute Gasteiger partial charge is 0.151 e. The van der Waals surface area contributed by atoms with Gasteiger partial charge in [-0.15, -0.1) is 0 Å². The lowest BCUT2D eigenvalue weighted by Gasteiger charge is -2.11. The third-order valence-electron chi connectivity index (χ3n) is 2.87. The maximum atomic E-state index is 11.5. The summed E-state index contributed by atoms with van der Waals surface area (Å²) in [6, 6.07) is 4.00. The molecule has 0 bridgehead atoms. The molecule has 1 heterocycles. The van der Waals surface area contributed by atoms with Crippen LogP contribution in [0, 0.1) is 5.92 Å². The summed E-state index contributed by atoms with van der Waals surface area (Å²) in [6.07, 6.45) is 1.94. The molecule has 1 aromatic heterocycles. The SMILES string of the molecule is CCS(=O)(=O)CCn1cccc1CNCC(C)C. The third kappa shape index (κ3) is 5.23. The minimum absolute atomic E-state index is 0.217. The van der Waals surface area contributed by atoms with E-state index in [9.17, 15) is 8.42 Å². The summed E-state index contributed by atoms with van der Waals surface area (Å²) >= 11 is 0. The predicted octanol–water partition coefficient (Wildman–Crippen LogP) is 1.67. The first kappa shape index (κ1) is 15.2. The van der Waals surface area contributed by atoms with Crippen molar-refractivity contribution in [2.45, 2.75) is 33.9 Å². The number of aryl methyl sites for hydroxylation is 1. The second-order valence-corrected chi connectivity index (χ2v) is 7.43. The summed E-state index contributed by atoms with van der Waals surface area (Å²) in [5.41, 5.74) is 1.14. The van der Waals surface area contributed by atoms with Crippen LogP contribution in [-0.2, 0) is 22.9 Å². The number of nitrogens with one attached hydrogen (secondary N) is 1. The maximum Gasteiger partial charge on any atom is 0.151 e. The number of nitrogens with zero attached hydrogens (tertiary/aromatic N) is 1. The van der Waals surface area contributed by atoms with E-state index in [4.69, 9.17) is 0 Å². The first-order chi connectivity index (χ1) is 8.44. The summed E-state index contributed by atoms with van der Waals surface area (Å²) in [6.45, 7) is 8.33. The van der Waals surface area contributed by atoms with Gasteiger partial charge in [0.1, 0.15) is 0 Å². The van der Waals surface area contributed by atoms with Crippen LogP contribution < -0.4 is 5.32 Å². The molecular formula is C13H24N2O2S. The van der Waals surface area contributed by atoms with E-state index in [1.165, 1.54) is 0 Å². The molecule has 0 radical (unpaired) electrons. The standard InChI is InChI=1S/C13H24N2O2S/c1-4-18(16,17)9-8-15-7-5-6-13(15)11-14-10-12(2)3/h5-7,12,14H,4,8-11H2,1-3H3. The van der Waals surface area contributed by atoms with E-state index < -0.39 is 9.84 Å². The summed E-state index contributed by atoms with van der Waals surface area (Å²) in [5, 5.41) is 3.37. The van der Waals surface area contributed by atoms with Gasteiger partial charge in [0.15, 0.2) is 9.84 Å². The molecule has 0 saturated carbocycles. The van der Waals surface area contributed by atoms with Gasteiger partial charge in [-0.2, -0.15) is 0 Å². The summed E-state index contributed by atoms with van der Waals surface area (Å²) < 4.78 is 25.0. The van der Waals surface area contributed by atoms with E-state index in [0.29, 0.717) is 12.5 Å². The van der Waals surface area contributed by atoms with Gasteiger partial charge in [-0.05, 0) is 24.6 Å². The molecule has 0 aliphatic rings. The fourth-order valence-electron chi connectivity index (χ4n) is 1.70. The molecule has 104 valence electrons. The minimum Gasteiger partial charge on any atom is -0.349 e. The van der Waals surface area contributed by atoms with Crippen LogP contribution in [-0.4, -0.2) is 31.0 Å². The van der Waals surface area contributed by atoms with Gasteiger partial charge >= 0.3 is 0 Å². The van der Waals surface area contributed by atoms with Gasteiger partial charge in [-0.25, -0.2) is 8.42 Å². The van der Waals surface area contributed by atoms with Crippen LogP contribution >= 0.6 is 0 Å². The van der Waals surface area contributed by atoms with Gasteiger partial charge in [-0.1, -0.05) is 20.8 Å². The molecule has 0 fully saturated rings. The zero-order valence-electron chi connectivity index (χ0n) is 11.5. The van der Waals surface area contributed by atoms with Gasteiger partial charge in [0.2, 0.25) is 0 Å². The first-order valence-corrected chi connectivity index (χ1v) is 8.32. The van der Waals surface area contributed by atoms with Crippen LogP contribution in [0.3, 0.4) is 0 Å². The summed E-state index contributed by atoms with van der Waals surface area (Å²) in [5.74, 6) is 1.05. The van der Waals surface area contributed by atoms with Crippen LogP contribution in [0.4, 0.5) is 0 Å². The molecule has 0 aliphatic carbocycles. The molecule has 0 aromatic carbocycles. The normalized spacial score (nSPS) is 12.2. The van der Waals surface area contributed by atoms with Crippen molar-refractivity contribution in [1.82, 2.24) is 9.88 Å². The summed E-state index contributed by atoms with van der Waals surface area (Å²) in [4.78, 5) is 0. The number of aromatic nitrogens is 1. The Morgan fingerprint density at radius 3 is 2.72 bits per heavy atom. The van der Waals surface area contributed by atoms with Crippen molar-refractivity contribution in [1.29, 1.82) is 0 Å². The Hall–Kier alpha value is -0.810. The van der Waals surface area contributed by atoms with Crippen LogP contribution in [0.25, 0.3) is 0 Å². The van der Waals surface area contributed by atoms with Crippen LogP contribution in [0.1, 0.15) is 26.5 Å². The Bertz CT molecular complexity index is 449. The Morgan fingerprint density at radius 1 is 1.39 bits per heavy atom. The van der Waals surface area contributed by atoms with Crippen LogP contribution in [0.2, 0.25) is 0 Å². The molecule has 1 rings (SSSR count). The molecular weight excluding hydrogens is 248 g/mol. The quantitative estimate of drug-likeness (QED) is 0.783. The second kappa shape index (κ2) is 6.95. The van der Waals surface area contributed by atoms with Crippen LogP contribution in [0.15, 0.2) is 18.3 Å². The van der Waals surface area contributed by atoms with Gasteiger partial charge in [0.25, 0.3) is 0 Å². The highest BCUT2D eigenvalue weighted by atomic mass is 32.2. The Balaban J connectivity index is 2.50. The Kier molecular flexibility index (Phi) is 5.88. The van der Waals surface area contributed by atoms with E-state index in [0.717, 1.165) is 18.8 Å². The van der Waals surface area contributed by atoms with Crippen molar-refractivity contribution < 1.29 is 8.42 Å².